The number of carbonyl (C=O) groups is 1. The number of ether oxygens (including phenoxy) is 3. The van der Waals surface area contributed by atoms with Gasteiger partial charge in [-0.25, -0.2) is 0 Å². The molecule has 1 saturated carbocycles. The van der Waals surface area contributed by atoms with Crippen LogP contribution in [0.15, 0.2) is 23.2 Å². The van der Waals surface area contributed by atoms with Crippen molar-refractivity contribution in [3.63, 3.8) is 0 Å². The van der Waals surface area contributed by atoms with Crippen molar-refractivity contribution in [2.24, 2.45) is 10.9 Å². The third-order valence-electron chi connectivity index (χ3n) is 4.21. The molecule has 0 amide bonds. The van der Waals surface area contributed by atoms with Crippen molar-refractivity contribution in [1.82, 2.24) is 0 Å². The van der Waals surface area contributed by atoms with Crippen LogP contribution in [0.1, 0.15) is 26.2 Å². The molecule has 1 aromatic rings. The lowest BCUT2D eigenvalue weighted by Crippen LogP contribution is -2.16. The van der Waals surface area contributed by atoms with Gasteiger partial charge in [0.25, 0.3) is 0 Å². The molecule has 5 heteroatoms. The fourth-order valence-corrected chi connectivity index (χ4v) is 2.80. The van der Waals surface area contributed by atoms with Gasteiger partial charge in [0.1, 0.15) is 11.9 Å². The summed E-state index contributed by atoms with van der Waals surface area (Å²) in [6, 6.07) is 5.62. The standard InChI is InChI=1S/C17H21NO4/c1-11-14(4-5-15(11)19)18-12-3-6-16(20-2)17(9-12)22-13-7-8-21-10-13/h3,6,9,11,13H,4-5,7-8,10H2,1-2H3. The van der Waals surface area contributed by atoms with Crippen molar-refractivity contribution < 1.29 is 19.0 Å². The van der Waals surface area contributed by atoms with Gasteiger partial charge in [0, 0.05) is 24.6 Å². The third-order valence-corrected chi connectivity index (χ3v) is 4.21. The van der Waals surface area contributed by atoms with Crippen LogP contribution in [0.5, 0.6) is 11.5 Å². The third kappa shape index (κ3) is 3.14. The van der Waals surface area contributed by atoms with Crippen LogP contribution in [0.3, 0.4) is 0 Å². The van der Waals surface area contributed by atoms with Crippen molar-refractivity contribution >= 4 is 17.2 Å². The van der Waals surface area contributed by atoms with Gasteiger partial charge in [0.15, 0.2) is 11.5 Å². The highest BCUT2D eigenvalue weighted by Gasteiger charge is 2.26. The molecule has 0 spiro atoms. The molecule has 1 saturated heterocycles. The van der Waals surface area contributed by atoms with E-state index >= 15 is 0 Å². The van der Waals surface area contributed by atoms with Crippen LogP contribution in [0.4, 0.5) is 5.69 Å². The molecule has 0 N–H and O–H groups in total. The Hall–Kier alpha value is -1.88. The summed E-state index contributed by atoms with van der Waals surface area (Å²) in [5.74, 6) is 1.56. The predicted molar refractivity (Wildman–Crippen MR) is 83.3 cm³/mol. The second-order valence-electron chi connectivity index (χ2n) is 5.73. The maximum Gasteiger partial charge on any atom is 0.163 e. The number of aliphatic imine (C=N–C) groups is 1. The number of Topliss-reactive ketones (excluding diaryl/α,β-unsaturated/α-hetero) is 1. The number of ketones is 1. The molecule has 1 aliphatic carbocycles. The summed E-state index contributed by atoms with van der Waals surface area (Å²) in [6.45, 7) is 3.26. The fraction of sp³-hybridized carbons (Fsp3) is 0.529. The van der Waals surface area contributed by atoms with Gasteiger partial charge in [-0.1, -0.05) is 6.92 Å². The molecule has 0 bridgehead atoms. The number of hydrogen-bond donors (Lipinski definition) is 0. The van der Waals surface area contributed by atoms with E-state index in [0.29, 0.717) is 24.5 Å². The van der Waals surface area contributed by atoms with Gasteiger partial charge < -0.3 is 14.2 Å². The molecular weight excluding hydrogens is 282 g/mol. The highest BCUT2D eigenvalue weighted by Crippen LogP contribution is 2.34. The quantitative estimate of drug-likeness (QED) is 0.858. The Balaban J connectivity index is 1.83. The molecule has 2 unspecified atom stereocenters. The molecule has 1 aliphatic heterocycles. The lowest BCUT2D eigenvalue weighted by atomic mass is 10.1. The smallest absolute Gasteiger partial charge is 0.163 e. The van der Waals surface area contributed by atoms with E-state index in [0.717, 1.165) is 30.8 Å². The van der Waals surface area contributed by atoms with E-state index in [1.54, 1.807) is 7.11 Å². The van der Waals surface area contributed by atoms with Gasteiger partial charge in [-0.3, -0.25) is 9.79 Å². The Morgan fingerprint density at radius 1 is 1.27 bits per heavy atom. The van der Waals surface area contributed by atoms with Gasteiger partial charge in [-0.2, -0.15) is 0 Å². The van der Waals surface area contributed by atoms with Gasteiger partial charge >= 0.3 is 0 Å². The van der Waals surface area contributed by atoms with Crippen LogP contribution < -0.4 is 9.47 Å². The maximum atomic E-state index is 11.6. The minimum atomic E-state index is -0.0743. The second kappa shape index (κ2) is 6.48. The predicted octanol–water partition coefficient (Wildman–Crippen LogP) is 2.93. The molecule has 1 heterocycles. The van der Waals surface area contributed by atoms with Gasteiger partial charge in [-0.15, -0.1) is 0 Å². The SMILES string of the molecule is COc1ccc(N=C2CCC(=O)C2C)cc1OC1CCOC1. The summed E-state index contributed by atoms with van der Waals surface area (Å²) in [5.41, 5.74) is 1.75. The summed E-state index contributed by atoms with van der Waals surface area (Å²) in [6.07, 6.45) is 2.29. The lowest BCUT2D eigenvalue weighted by Gasteiger charge is -2.15. The van der Waals surface area contributed by atoms with Crippen LogP contribution in [-0.4, -0.2) is 37.9 Å². The molecule has 0 radical (unpaired) electrons. The van der Waals surface area contributed by atoms with E-state index < -0.39 is 0 Å². The van der Waals surface area contributed by atoms with Crippen molar-refractivity contribution in [1.29, 1.82) is 0 Å². The first-order chi connectivity index (χ1) is 10.7. The van der Waals surface area contributed by atoms with Gasteiger partial charge in [0.2, 0.25) is 0 Å². The zero-order valence-corrected chi connectivity index (χ0v) is 13.0. The summed E-state index contributed by atoms with van der Waals surface area (Å²) in [4.78, 5) is 16.3. The van der Waals surface area contributed by atoms with E-state index in [1.807, 2.05) is 25.1 Å². The molecular formula is C17H21NO4. The summed E-state index contributed by atoms with van der Waals surface area (Å²) in [5, 5.41) is 0. The molecule has 2 atom stereocenters. The molecule has 22 heavy (non-hydrogen) atoms. The number of methoxy groups -OCH3 is 1. The summed E-state index contributed by atoms with van der Waals surface area (Å²) >= 11 is 0. The molecule has 5 nitrogen and oxygen atoms in total. The first-order valence-electron chi connectivity index (χ1n) is 7.70. The molecule has 118 valence electrons. The van der Waals surface area contributed by atoms with Crippen LogP contribution in [0.25, 0.3) is 0 Å². The number of rotatable bonds is 4. The minimum absolute atomic E-state index is 0.0591. The summed E-state index contributed by atoms with van der Waals surface area (Å²) in [7, 11) is 1.62. The Kier molecular flexibility index (Phi) is 4.43. The van der Waals surface area contributed by atoms with Crippen LogP contribution in [0, 0.1) is 5.92 Å². The highest BCUT2D eigenvalue weighted by atomic mass is 16.6. The average molecular weight is 303 g/mol. The van der Waals surface area contributed by atoms with E-state index in [2.05, 4.69) is 4.99 Å². The molecule has 2 aliphatic rings. The topological polar surface area (TPSA) is 57.1 Å². The normalized spacial score (nSPS) is 26.6. The van der Waals surface area contributed by atoms with Crippen LogP contribution in [-0.2, 0) is 9.53 Å². The minimum Gasteiger partial charge on any atom is -0.493 e. The van der Waals surface area contributed by atoms with Crippen molar-refractivity contribution in [3.8, 4) is 11.5 Å². The van der Waals surface area contributed by atoms with Crippen molar-refractivity contribution in [3.05, 3.63) is 18.2 Å². The Labute approximate surface area is 130 Å². The van der Waals surface area contributed by atoms with E-state index in [4.69, 9.17) is 14.2 Å². The van der Waals surface area contributed by atoms with Crippen molar-refractivity contribution in [2.75, 3.05) is 20.3 Å². The van der Waals surface area contributed by atoms with Crippen LogP contribution >= 0.6 is 0 Å². The zero-order valence-electron chi connectivity index (χ0n) is 13.0. The van der Waals surface area contributed by atoms with Crippen LogP contribution in [0.2, 0.25) is 0 Å². The molecule has 1 aromatic carbocycles. The Morgan fingerprint density at radius 3 is 2.77 bits per heavy atom. The lowest BCUT2D eigenvalue weighted by molar-refractivity contribution is -0.119. The van der Waals surface area contributed by atoms with E-state index in [9.17, 15) is 4.79 Å². The molecule has 0 aromatic heterocycles. The Morgan fingerprint density at radius 2 is 2.14 bits per heavy atom. The zero-order chi connectivity index (χ0) is 15.5. The highest BCUT2D eigenvalue weighted by molar-refractivity contribution is 6.11. The van der Waals surface area contributed by atoms with Gasteiger partial charge in [0.05, 0.1) is 31.9 Å². The van der Waals surface area contributed by atoms with Gasteiger partial charge in [-0.05, 0) is 18.6 Å². The first kappa shape index (κ1) is 15.0. The van der Waals surface area contributed by atoms with E-state index in [-0.39, 0.29) is 17.8 Å². The average Bonchev–Trinajstić information content (AvgIpc) is 3.13. The second-order valence-corrected chi connectivity index (χ2v) is 5.73. The Bertz CT molecular complexity index is 590. The number of nitrogens with zero attached hydrogens (tertiary/aromatic N) is 1. The molecule has 2 fully saturated rings. The monoisotopic (exact) mass is 303 g/mol. The van der Waals surface area contributed by atoms with E-state index in [1.165, 1.54) is 0 Å². The number of hydrogen-bond acceptors (Lipinski definition) is 5. The number of carbonyl (C=O) groups excluding carboxylic acids is 1. The summed E-state index contributed by atoms with van der Waals surface area (Å²) < 4.78 is 16.7. The maximum absolute atomic E-state index is 11.6. The fourth-order valence-electron chi connectivity index (χ4n) is 2.80. The number of benzene rings is 1. The first-order valence-corrected chi connectivity index (χ1v) is 7.70. The van der Waals surface area contributed by atoms with Crippen molar-refractivity contribution in [2.45, 2.75) is 32.3 Å². The molecule has 3 rings (SSSR count). The largest absolute Gasteiger partial charge is 0.493 e.